The average Bonchev–Trinajstić information content (AvgIpc) is 2.49. The Kier molecular flexibility index (Phi) is 4.09. The zero-order valence-electron chi connectivity index (χ0n) is 14.2. The number of hydrogen-bond acceptors (Lipinski definition) is 1. The third-order valence-corrected chi connectivity index (χ3v) is 5.37. The van der Waals surface area contributed by atoms with Crippen LogP contribution in [-0.2, 0) is 6.54 Å². The summed E-state index contributed by atoms with van der Waals surface area (Å²) in [5.41, 5.74) is 5.47. The number of nitrogens with one attached hydrogen (secondary N) is 2. The van der Waals surface area contributed by atoms with E-state index in [-0.39, 0.29) is 5.43 Å². The molecule has 1 aromatic heterocycles. The Bertz CT molecular complexity index is 760. The standard InChI is InChI=1S/C19H26N2O/c1-12-8-9-13(2)18-17(12)19(22)16(15(4)20-18)11-21-10-6-5-7-14(21)3/h8-9,14H,5-7,10-11H2,1-4H3,(H,20,22)/p+1/t14-/m1/s1. The molecule has 2 heterocycles. The summed E-state index contributed by atoms with van der Waals surface area (Å²) >= 11 is 0. The van der Waals surface area contributed by atoms with Crippen LogP contribution in [0.25, 0.3) is 10.9 Å². The summed E-state index contributed by atoms with van der Waals surface area (Å²) in [5, 5.41) is 0.879. The van der Waals surface area contributed by atoms with Gasteiger partial charge in [0.15, 0.2) is 5.43 Å². The van der Waals surface area contributed by atoms with Crippen molar-refractivity contribution in [3.63, 3.8) is 0 Å². The number of benzene rings is 1. The number of aromatic nitrogens is 1. The van der Waals surface area contributed by atoms with Crippen LogP contribution in [0.1, 0.15) is 48.6 Å². The number of hydrogen-bond donors (Lipinski definition) is 2. The van der Waals surface area contributed by atoms with Crippen LogP contribution >= 0.6 is 0 Å². The third-order valence-electron chi connectivity index (χ3n) is 5.37. The molecule has 0 spiro atoms. The number of aromatic amines is 1. The van der Waals surface area contributed by atoms with Crippen LogP contribution in [0.3, 0.4) is 0 Å². The number of H-pyrrole nitrogens is 1. The van der Waals surface area contributed by atoms with Crippen molar-refractivity contribution in [3.8, 4) is 0 Å². The van der Waals surface area contributed by atoms with Gasteiger partial charge in [0.25, 0.3) is 0 Å². The average molecular weight is 299 g/mol. The normalized spacial score (nSPS) is 22.2. The highest BCUT2D eigenvalue weighted by Crippen LogP contribution is 2.19. The molecular formula is C19H27N2O+. The van der Waals surface area contributed by atoms with Crippen molar-refractivity contribution in [1.29, 1.82) is 0 Å². The minimum atomic E-state index is 0.234. The van der Waals surface area contributed by atoms with Crippen molar-refractivity contribution in [2.45, 2.75) is 59.5 Å². The summed E-state index contributed by atoms with van der Waals surface area (Å²) in [7, 11) is 0. The Hall–Kier alpha value is -1.61. The fraction of sp³-hybridized carbons (Fsp3) is 0.526. The van der Waals surface area contributed by atoms with Gasteiger partial charge >= 0.3 is 0 Å². The highest BCUT2D eigenvalue weighted by atomic mass is 16.1. The van der Waals surface area contributed by atoms with E-state index in [4.69, 9.17) is 0 Å². The lowest BCUT2D eigenvalue weighted by atomic mass is 9.99. The number of piperidine rings is 1. The van der Waals surface area contributed by atoms with Crippen LogP contribution in [0, 0.1) is 20.8 Å². The number of aryl methyl sites for hydroxylation is 3. The second kappa shape index (κ2) is 5.88. The molecule has 1 unspecified atom stereocenters. The van der Waals surface area contributed by atoms with Crippen molar-refractivity contribution >= 4 is 10.9 Å². The van der Waals surface area contributed by atoms with E-state index in [1.165, 1.54) is 25.8 Å². The van der Waals surface area contributed by atoms with E-state index in [0.29, 0.717) is 6.04 Å². The number of pyridine rings is 1. The monoisotopic (exact) mass is 299 g/mol. The second-order valence-electron chi connectivity index (χ2n) is 6.99. The topological polar surface area (TPSA) is 37.3 Å². The van der Waals surface area contributed by atoms with Gasteiger partial charge in [-0.25, -0.2) is 0 Å². The molecular weight excluding hydrogens is 272 g/mol. The molecule has 0 bridgehead atoms. The first-order chi connectivity index (χ1) is 10.5. The lowest BCUT2D eigenvalue weighted by Gasteiger charge is -2.30. The first-order valence-corrected chi connectivity index (χ1v) is 8.45. The van der Waals surface area contributed by atoms with Gasteiger partial charge in [0.2, 0.25) is 0 Å². The largest absolute Gasteiger partial charge is 0.358 e. The van der Waals surface area contributed by atoms with Crippen LogP contribution in [0.15, 0.2) is 16.9 Å². The summed E-state index contributed by atoms with van der Waals surface area (Å²) in [6, 6.07) is 4.80. The fourth-order valence-electron chi connectivity index (χ4n) is 3.80. The van der Waals surface area contributed by atoms with E-state index < -0.39 is 0 Å². The Morgan fingerprint density at radius 3 is 2.64 bits per heavy atom. The van der Waals surface area contributed by atoms with Gasteiger partial charge in [-0.15, -0.1) is 0 Å². The SMILES string of the molecule is Cc1[nH]c2c(C)ccc(C)c2c(=O)c1C[NH+]1CCCC[C@H]1C. The van der Waals surface area contributed by atoms with Gasteiger partial charge in [-0.05, 0) is 58.1 Å². The smallest absolute Gasteiger partial charge is 0.198 e. The first kappa shape index (κ1) is 15.3. The van der Waals surface area contributed by atoms with E-state index >= 15 is 0 Å². The molecule has 1 aliphatic heterocycles. The Balaban J connectivity index is 2.10. The van der Waals surface area contributed by atoms with Gasteiger partial charge < -0.3 is 9.88 Å². The summed E-state index contributed by atoms with van der Waals surface area (Å²) in [5.74, 6) is 0. The van der Waals surface area contributed by atoms with Gasteiger partial charge in [0.05, 0.1) is 23.7 Å². The summed E-state index contributed by atoms with van der Waals surface area (Å²) in [6.07, 6.45) is 3.89. The maximum atomic E-state index is 13.1. The van der Waals surface area contributed by atoms with Crippen molar-refractivity contribution in [3.05, 3.63) is 44.7 Å². The summed E-state index contributed by atoms with van der Waals surface area (Å²) < 4.78 is 0. The van der Waals surface area contributed by atoms with Crippen LogP contribution in [0.4, 0.5) is 0 Å². The van der Waals surface area contributed by atoms with E-state index in [1.807, 2.05) is 13.8 Å². The van der Waals surface area contributed by atoms with Gasteiger partial charge in [0.1, 0.15) is 6.54 Å². The van der Waals surface area contributed by atoms with Crippen LogP contribution < -0.4 is 10.3 Å². The second-order valence-corrected chi connectivity index (χ2v) is 6.99. The molecule has 22 heavy (non-hydrogen) atoms. The van der Waals surface area contributed by atoms with Crippen molar-refractivity contribution in [2.24, 2.45) is 0 Å². The maximum absolute atomic E-state index is 13.1. The van der Waals surface area contributed by atoms with E-state index in [9.17, 15) is 4.79 Å². The predicted molar refractivity (Wildman–Crippen MR) is 91.6 cm³/mol. The molecule has 1 fully saturated rings. The molecule has 0 amide bonds. The molecule has 2 N–H and O–H groups in total. The molecule has 118 valence electrons. The molecule has 0 radical (unpaired) electrons. The molecule has 3 heteroatoms. The summed E-state index contributed by atoms with van der Waals surface area (Å²) in [6.45, 7) is 10.5. The van der Waals surface area contributed by atoms with Crippen LogP contribution in [-0.4, -0.2) is 17.6 Å². The number of likely N-dealkylation sites (tertiary alicyclic amines) is 1. The van der Waals surface area contributed by atoms with E-state index in [0.717, 1.165) is 39.8 Å². The molecule has 2 aromatic rings. The number of fused-ring (bicyclic) bond motifs is 1. The molecule has 1 saturated heterocycles. The first-order valence-electron chi connectivity index (χ1n) is 8.45. The lowest BCUT2D eigenvalue weighted by Crippen LogP contribution is -3.15. The van der Waals surface area contributed by atoms with E-state index in [1.54, 1.807) is 4.90 Å². The summed E-state index contributed by atoms with van der Waals surface area (Å²) in [4.78, 5) is 18.1. The molecule has 1 aromatic carbocycles. The zero-order chi connectivity index (χ0) is 15.9. The third kappa shape index (κ3) is 2.58. The van der Waals surface area contributed by atoms with Gasteiger partial charge in [0, 0.05) is 11.1 Å². The van der Waals surface area contributed by atoms with Crippen molar-refractivity contribution in [2.75, 3.05) is 6.54 Å². The number of quaternary nitrogens is 1. The minimum Gasteiger partial charge on any atom is -0.358 e. The highest BCUT2D eigenvalue weighted by Gasteiger charge is 2.24. The predicted octanol–water partition coefficient (Wildman–Crippen LogP) is 2.41. The van der Waals surface area contributed by atoms with Crippen LogP contribution in [0.5, 0.6) is 0 Å². The molecule has 3 nitrogen and oxygen atoms in total. The zero-order valence-corrected chi connectivity index (χ0v) is 14.2. The Labute approximate surface area is 132 Å². The molecule has 3 rings (SSSR count). The lowest BCUT2D eigenvalue weighted by molar-refractivity contribution is -0.942. The molecule has 2 atom stereocenters. The van der Waals surface area contributed by atoms with Crippen molar-refractivity contribution in [1.82, 2.24) is 4.98 Å². The quantitative estimate of drug-likeness (QED) is 0.878. The van der Waals surface area contributed by atoms with Gasteiger partial charge in [-0.2, -0.15) is 0 Å². The molecule has 0 saturated carbocycles. The van der Waals surface area contributed by atoms with Gasteiger partial charge in [-0.1, -0.05) is 12.1 Å². The minimum absolute atomic E-state index is 0.234. The maximum Gasteiger partial charge on any atom is 0.198 e. The molecule has 1 aliphatic rings. The van der Waals surface area contributed by atoms with Crippen LogP contribution in [0.2, 0.25) is 0 Å². The van der Waals surface area contributed by atoms with E-state index in [2.05, 4.69) is 31.0 Å². The van der Waals surface area contributed by atoms with Gasteiger partial charge in [-0.3, -0.25) is 4.79 Å². The number of rotatable bonds is 2. The molecule has 0 aliphatic carbocycles. The Morgan fingerprint density at radius 2 is 1.91 bits per heavy atom. The highest BCUT2D eigenvalue weighted by molar-refractivity contribution is 5.85. The Morgan fingerprint density at radius 1 is 1.18 bits per heavy atom. The fourth-order valence-corrected chi connectivity index (χ4v) is 3.80. The van der Waals surface area contributed by atoms with Crippen molar-refractivity contribution < 1.29 is 4.90 Å².